The lowest BCUT2D eigenvalue weighted by Crippen LogP contribution is -2.31. The molecule has 3 rings (SSSR count). The first-order valence-corrected chi connectivity index (χ1v) is 5.64. The number of nitrogens with zero attached hydrogens (tertiary/aromatic N) is 4. The Morgan fingerprint density at radius 3 is 3.17 bits per heavy atom. The molecule has 0 N–H and O–H groups in total. The van der Waals surface area contributed by atoms with Crippen molar-refractivity contribution in [1.29, 1.82) is 0 Å². The number of aromatic nitrogens is 1. The molecular weight excluding hydrogens is 232 g/mol. The SMILES string of the molecule is CCOC(=O)C1=CC=c2c(cnc3c2=NN=N3)C1. The number of carbonyl (C=O) groups is 1. The van der Waals surface area contributed by atoms with E-state index in [1.54, 1.807) is 19.2 Å². The molecule has 6 heteroatoms. The number of fused-ring (bicyclic) bond motifs is 3. The number of ether oxygens (including phenoxy) is 1. The normalized spacial score (nSPS) is 15.1. The van der Waals surface area contributed by atoms with Gasteiger partial charge in [0, 0.05) is 23.4 Å². The van der Waals surface area contributed by atoms with Crippen molar-refractivity contribution < 1.29 is 9.53 Å². The molecule has 18 heavy (non-hydrogen) atoms. The Morgan fingerprint density at radius 2 is 2.33 bits per heavy atom. The second-order valence-electron chi connectivity index (χ2n) is 3.91. The van der Waals surface area contributed by atoms with Crippen molar-refractivity contribution in [2.24, 2.45) is 15.4 Å². The highest BCUT2D eigenvalue weighted by Gasteiger charge is 2.17. The van der Waals surface area contributed by atoms with Crippen molar-refractivity contribution in [3.8, 4) is 0 Å². The summed E-state index contributed by atoms with van der Waals surface area (Å²) in [5, 5.41) is 12.9. The Hall–Kier alpha value is -2.37. The molecule has 0 atom stereocenters. The Morgan fingerprint density at radius 1 is 1.44 bits per heavy atom. The van der Waals surface area contributed by atoms with Crippen LogP contribution in [0.3, 0.4) is 0 Å². The topological polar surface area (TPSA) is 76.3 Å². The average Bonchev–Trinajstić information content (AvgIpc) is 2.87. The minimum atomic E-state index is -0.286. The minimum absolute atomic E-state index is 0.286. The molecule has 2 aliphatic rings. The van der Waals surface area contributed by atoms with Gasteiger partial charge in [-0.2, -0.15) is 0 Å². The maximum atomic E-state index is 11.7. The number of pyridine rings is 1. The maximum absolute atomic E-state index is 11.7. The number of carbonyl (C=O) groups excluding carboxylic acids is 1. The highest BCUT2D eigenvalue weighted by atomic mass is 16.5. The number of rotatable bonds is 2. The van der Waals surface area contributed by atoms with Crippen LogP contribution in [0.25, 0.3) is 6.08 Å². The monoisotopic (exact) mass is 242 g/mol. The van der Waals surface area contributed by atoms with Crippen molar-refractivity contribution in [3.05, 3.63) is 34.0 Å². The third-order valence-electron chi connectivity index (χ3n) is 2.81. The van der Waals surface area contributed by atoms with Gasteiger partial charge in [0.05, 0.1) is 6.61 Å². The number of hydrogen-bond donors (Lipinski definition) is 0. The Labute approximate surface area is 102 Å². The van der Waals surface area contributed by atoms with Gasteiger partial charge in [-0.05, 0) is 17.7 Å². The first kappa shape index (κ1) is 10.8. The first-order chi connectivity index (χ1) is 8.79. The van der Waals surface area contributed by atoms with Crippen LogP contribution in [0.15, 0.2) is 33.3 Å². The highest BCUT2D eigenvalue weighted by Crippen LogP contribution is 2.12. The van der Waals surface area contributed by atoms with Gasteiger partial charge >= 0.3 is 5.97 Å². The van der Waals surface area contributed by atoms with Crippen molar-refractivity contribution in [1.82, 2.24) is 4.98 Å². The third kappa shape index (κ3) is 1.62. The summed E-state index contributed by atoms with van der Waals surface area (Å²) in [6.07, 6.45) is 5.80. The molecule has 6 nitrogen and oxygen atoms in total. The van der Waals surface area contributed by atoms with Crippen molar-refractivity contribution >= 4 is 17.9 Å². The minimum Gasteiger partial charge on any atom is -0.463 e. The second kappa shape index (κ2) is 4.14. The standard InChI is InChI=1S/C12H10N4O2/c1-2-18-12(17)7-3-4-9-8(5-7)6-13-11-10(9)14-16-15-11/h3-4,6H,2,5H2,1H3. The van der Waals surface area contributed by atoms with Gasteiger partial charge in [-0.15, -0.1) is 10.2 Å². The molecular formula is C12H10N4O2. The van der Waals surface area contributed by atoms with Crippen LogP contribution in [-0.2, 0) is 16.0 Å². The molecule has 1 aliphatic carbocycles. The third-order valence-corrected chi connectivity index (χ3v) is 2.81. The van der Waals surface area contributed by atoms with E-state index in [0.29, 0.717) is 29.8 Å². The summed E-state index contributed by atoms with van der Waals surface area (Å²) in [7, 11) is 0. The largest absolute Gasteiger partial charge is 0.463 e. The lowest BCUT2D eigenvalue weighted by molar-refractivity contribution is -0.138. The van der Waals surface area contributed by atoms with Crippen LogP contribution in [0.1, 0.15) is 12.5 Å². The van der Waals surface area contributed by atoms with E-state index in [0.717, 1.165) is 10.8 Å². The highest BCUT2D eigenvalue weighted by molar-refractivity contribution is 5.91. The fraction of sp³-hybridized carbons (Fsp3) is 0.250. The Kier molecular flexibility index (Phi) is 2.47. The molecule has 0 bridgehead atoms. The Bertz CT molecular complexity index is 704. The van der Waals surface area contributed by atoms with E-state index < -0.39 is 0 Å². The van der Waals surface area contributed by atoms with Crippen LogP contribution in [0.2, 0.25) is 0 Å². The smallest absolute Gasteiger partial charge is 0.334 e. The van der Waals surface area contributed by atoms with Gasteiger partial charge in [0.15, 0.2) is 0 Å². The zero-order valence-electron chi connectivity index (χ0n) is 9.75. The van der Waals surface area contributed by atoms with Gasteiger partial charge in [-0.25, -0.2) is 9.78 Å². The van der Waals surface area contributed by atoms with Gasteiger partial charge < -0.3 is 4.74 Å². The van der Waals surface area contributed by atoms with Crippen LogP contribution < -0.4 is 10.6 Å². The second-order valence-corrected chi connectivity index (χ2v) is 3.91. The van der Waals surface area contributed by atoms with Crippen molar-refractivity contribution in [2.45, 2.75) is 13.3 Å². The molecule has 1 aromatic rings. The summed E-state index contributed by atoms with van der Waals surface area (Å²) in [5.41, 5.74) is 1.56. The van der Waals surface area contributed by atoms with E-state index in [1.165, 1.54) is 0 Å². The summed E-state index contributed by atoms with van der Waals surface area (Å²) in [6, 6.07) is 0. The van der Waals surface area contributed by atoms with Gasteiger partial charge in [0.1, 0.15) is 5.36 Å². The van der Waals surface area contributed by atoms with Gasteiger partial charge in [0.25, 0.3) is 0 Å². The molecule has 1 aliphatic heterocycles. The molecule has 90 valence electrons. The number of allylic oxidation sites excluding steroid dienone is 1. The first-order valence-electron chi connectivity index (χ1n) is 5.64. The summed E-state index contributed by atoms with van der Waals surface area (Å²) >= 11 is 0. The van der Waals surface area contributed by atoms with Crippen molar-refractivity contribution in [3.63, 3.8) is 0 Å². The van der Waals surface area contributed by atoms with E-state index >= 15 is 0 Å². The van der Waals surface area contributed by atoms with E-state index in [9.17, 15) is 4.79 Å². The number of hydrogen-bond acceptors (Lipinski definition) is 6. The molecule has 0 unspecified atom stereocenters. The zero-order chi connectivity index (χ0) is 12.5. The number of esters is 1. The van der Waals surface area contributed by atoms with E-state index in [-0.39, 0.29) is 5.97 Å². The van der Waals surface area contributed by atoms with Crippen LogP contribution >= 0.6 is 0 Å². The quantitative estimate of drug-likeness (QED) is 0.710. The molecule has 0 saturated carbocycles. The van der Waals surface area contributed by atoms with Crippen LogP contribution in [-0.4, -0.2) is 17.6 Å². The van der Waals surface area contributed by atoms with Crippen molar-refractivity contribution in [2.75, 3.05) is 6.61 Å². The average molecular weight is 242 g/mol. The van der Waals surface area contributed by atoms with Crippen LogP contribution in [0.4, 0.5) is 5.82 Å². The fourth-order valence-corrected chi connectivity index (χ4v) is 1.96. The van der Waals surface area contributed by atoms with Crippen LogP contribution in [0, 0.1) is 0 Å². The molecule has 0 amide bonds. The molecule has 0 fully saturated rings. The molecule has 0 spiro atoms. The predicted molar refractivity (Wildman–Crippen MR) is 62.4 cm³/mol. The summed E-state index contributed by atoms with van der Waals surface area (Å²) in [4.78, 5) is 15.8. The molecule has 0 radical (unpaired) electrons. The summed E-state index contributed by atoms with van der Waals surface area (Å²) in [6.45, 7) is 2.16. The molecule has 1 aromatic heterocycles. The summed E-state index contributed by atoms with van der Waals surface area (Å²) in [5.74, 6) is 0.240. The van der Waals surface area contributed by atoms with Gasteiger partial charge in [0.2, 0.25) is 5.82 Å². The van der Waals surface area contributed by atoms with E-state index in [4.69, 9.17) is 4.74 Å². The predicted octanol–water partition coefficient (Wildman–Crippen LogP) is 0.540. The lowest BCUT2D eigenvalue weighted by atomic mass is 9.99. The summed E-state index contributed by atoms with van der Waals surface area (Å²) < 4.78 is 4.98. The van der Waals surface area contributed by atoms with E-state index in [2.05, 4.69) is 20.4 Å². The zero-order valence-corrected chi connectivity index (χ0v) is 9.75. The Balaban J connectivity index is 2.07. The lowest BCUT2D eigenvalue weighted by Gasteiger charge is -2.10. The molecule has 2 heterocycles. The van der Waals surface area contributed by atoms with Crippen LogP contribution in [0.5, 0.6) is 0 Å². The van der Waals surface area contributed by atoms with E-state index in [1.807, 2.05) is 6.08 Å². The molecule has 0 saturated heterocycles. The fourth-order valence-electron chi connectivity index (χ4n) is 1.96. The van der Waals surface area contributed by atoms with Gasteiger partial charge in [-0.1, -0.05) is 12.2 Å². The molecule has 0 aromatic carbocycles. The maximum Gasteiger partial charge on any atom is 0.334 e. The van der Waals surface area contributed by atoms with Gasteiger partial charge in [-0.3, -0.25) is 0 Å².